The number of nitrogens with zero attached hydrogens (tertiary/aromatic N) is 3. The molecule has 3 nitrogen and oxygen atoms in total. The van der Waals surface area contributed by atoms with Gasteiger partial charge in [0.1, 0.15) is 0 Å². The average Bonchev–Trinajstić information content (AvgIpc) is 2.72. The summed E-state index contributed by atoms with van der Waals surface area (Å²) in [7, 11) is 0. The Bertz CT molecular complexity index is 1600. The summed E-state index contributed by atoms with van der Waals surface area (Å²) in [5.41, 5.74) is 3.82. The largest absolute Gasteiger partial charge is 0.237 e. The lowest BCUT2D eigenvalue weighted by Crippen LogP contribution is -1.94. The number of rotatable bonds is 0. The summed E-state index contributed by atoms with van der Waals surface area (Å²) in [5, 5.41) is 27.1. The van der Waals surface area contributed by atoms with Crippen molar-refractivity contribution >= 4 is 48.8 Å². The minimum atomic E-state index is 0.583. The van der Waals surface area contributed by atoms with Crippen LogP contribution < -0.4 is 0 Å². The first-order chi connectivity index (χ1) is 13.6. The Kier molecular flexibility index (Phi) is 3.12. The highest BCUT2D eigenvalue weighted by atomic mass is 14.6. The molecule has 0 aliphatic carbocycles. The molecule has 0 unspecified atom stereocenters. The molecule has 0 saturated heterocycles. The summed E-state index contributed by atoms with van der Waals surface area (Å²) in [6.07, 6.45) is 0. The number of benzene rings is 5. The third kappa shape index (κ3) is 1.79. The lowest BCUT2D eigenvalue weighted by molar-refractivity contribution is 1.48. The molecule has 5 aromatic rings. The van der Waals surface area contributed by atoms with Gasteiger partial charge in [-0.2, -0.15) is 10.5 Å². The molecule has 5 rings (SSSR count). The predicted molar refractivity (Wildman–Crippen MR) is 113 cm³/mol. The highest BCUT2D eigenvalue weighted by Gasteiger charge is 2.20. The van der Waals surface area contributed by atoms with Gasteiger partial charge in [-0.1, -0.05) is 35.9 Å². The Labute approximate surface area is 161 Å². The van der Waals surface area contributed by atoms with Crippen LogP contribution in [-0.2, 0) is 0 Å². The van der Waals surface area contributed by atoms with Gasteiger partial charge in [-0.05, 0) is 63.9 Å². The van der Waals surface area contributed by atoms with E-state index in [-0.39, 0.29) is 0 Å². The normalized spacial score (nSPS) is 11.1. The van der Waals surface area contributed by atoms with Gasteiger partial charge in [0.15, 0.2) is 5.69 Å². The van der Waals surface area contributed by atoms with Crippen molar-refractivity contribution in [1.29, 1.82) is 10.5 Å². The summed E-state index contributed by atoms with van der Waals surface area (Å²) in [6.45, 7) is 11.7. The van der Waals surface area contributed by atoms with Crippen LogP contribution in [0.5, 0.6) is 0 Å². The third-order valence-electron chi connectivity index (χ3n) is 5.75. The molecule has 5 aromatic carbocycles. The molecular formula is C25H13N3. The molecule has 3 heteroatoms. The summed E-state index contributed by atoms with van der Waals surface area (Å²) in [6, 6.07) is 18.3. The van der Waals surface area contributed by atoms with Gasteiger partial charge in [-0.25, -0.2) is 4.85 Å². The van der Waals surface area contributed by atoms with Crippen LogP contribution in [0.1, 0.15) is 22.3 Å². The second-order valence-electron chi connectivity index (χ2n) is 7.17. The van der Waals surface area contributed by atoms with E-state index < -0.39 is 0 Å². The molecule has 0 fully saturated rings. The van der Waals surface area contributed by atoms with Crippen molar-refractivity contribution in [2.75, 3.05) is 0 Å². The molecule has 0 saturated carbocycles. The highest BCUT2D eigenvalue weighted by Crippen LogP contribution is 2.46. The zero-order chi connectivity index (χ0) is 19.6. The van der Waals surface area contributed by atoms with Gasteiger partial charge in [-0.3, -0.25) is 0 Å². The van der Waals surface area contributed by atoms with Gasteiger partial charge in [0, 0.05) is 10.8 Å². The second kappa shape index (κ2) is 5.43. The quantitative estimate of drug-likeness (QED) is 0.177. The molecule has 0 aromatic heterocycles. The zero-order valence-corrected chi connectivity index (χ0v) is 15.4. The Morgan fingerprint density at radius 3 is 1.89 bits per heavy atom. The van der Waals surface area contributed by atoms with Gasteiger partial charge in [0.2, 0.25) is 0 Å². The average molecular weight is 355 g/mol. The fraction of sp³-hybridized carbons (Fsp3) is 0.0800. The fourth-order valence-electron chi connectivity index (χ4n) is 4.62. The van der Waals surface area contributed by atoms with Gasteiger partial charge in [0.05, 0.1) is 29.8 Å². The number of aryl methyl sites for hydroxylation is 2. The molecule has 0 aliphatic rings. The van der Waals surface area contributed by atoms with E-state index >= 15 is 0 Å². The summed E-state index contributed by atoms with van der Waals surface area (Å²) in [5.74, 6) is 0. The molecule has 28 heavy (non-hydrogen) atoms. The van der Waals surface area contributed by atoms with E-state index in [1.54, 1.807) is 0 Å². The number of hydrogen-bond donors (Lipinski definition) is 0. The molecule has 128 valence electrons. The predicted octanol–water partition coefficient (Wildman–Crippen LogP) is 6.65. The van der Waals surface area contributed by atoms with Crippen LogP contribution in [-0.4, -0.2) is 0 Å². The maximum Gasteiger partial charge on any atom is 0.195 e. The standard InChI is InChI=1S/C25H13N3/c1-13-4-7-17-18-8-5-16(12-27)22-14(2)10-20(28-3)24(25(18)22)19-9-6-15(11-26)21(13)23(17)19/h4-10H,1-2H3. The van der Waals surface area contributed by atoms with Crippen LogP contribution in [0, 0.1) is 43.1 Å². The molecular weight excluding hydrogens is 342 g/mol. The van der Waals surface area contributed by atoms with Crippen molar-refractivity contribution in [3.8, 4) is 12.1 Å². The van der Waals surface area contributed by atoms with Crippen molar-refractivity contribution in [1.82, 2.24) is 0 Å². The SMILES string of the molecule is [C-]#[N+]c1cc(C)c2c(C#N)ccc3c4ccc(C)c5c(C#N)ccc(c1c23)c54. The monoisotopic (exact) mass is 355 g/mol. The minimum Gasteiger partial charge on any atom is -0.237 e. The van der Waals surface area contributed by atoms with E-state index in [0.717, 1.165) is 54.2 Å². The third-order valence-corrected chi connectivity index (χ3v) is 5.75. The maximum atomic E-state index is 9.67. The lowest BCUT2D eigenvalue weighted by Gasteiger charge is -2.19. The van der Waals surface area contributed by atoms with Crippen LogP contribution in [0.25, 0.3) is 47.9 Å². The van der Waals surface area contributed by atoms with Crippen molar-refractivity contribution < 1.29 is 0 Å². The molecule has 0 N–H and O–H groups in total. The molecule has 0 heterocycles. The van der Waals surface area contributed by atoms with Crippen molar-refractivity contribution in [2.24, 2.45) is 0 Å². The van der Waals surface area contributed by atoms with Crippen LogP contribution >= 0.6 is 0 Å². The van der Waals surface area contributed by atoms with Crippen molar-refractivity contribution in [2.45, 2.75) is 13.8 Å². The van der Waals surface area contributed by atoms with Gasteiger partial charge in [0.25, 0.3) is 0 Å². The first-order valence-electron chi connectivity index (χ1n) is 8.95. The Morgan fingerprint density at radius 2 is 1.25 bits per heavy atom. The number of hydrogen-bond acceptors (Lipinski definition) is 2. The van der Waals surface area contributed by atoms with E-state index in [9.17, 15) is 10.5 Å². The van der Waals surface area contributed by atoms with Crippen molar-refractivity contribution in [3.63, 3.8) is 0 Å². The van der Waals surface area contributed by atoms with E-state index in [0.29, 0.717) is 16.8 Å². The summed E-state index contributed by atoms with van der Waals surface area (Å²) in [4.78, 5) is 3.81. The van der Waals surface area contributed by atoms with Gasteiger partial charge < -0.3 is 0 Å². The van der Waals surface area contributed by atoms with Crippen LogP contribution in [0.4, 0.5) is 5.69 Å². The Hall–Kier alpha value is -4.13. The second-order valence-corrected chi connectivity index (χ2v) is 7.17. The topological polar surface area (TPSA) is 51.9 Å². The van der Waals surface area contributed by atoms with Gasteiger partial charge >= 0.3 is 0 Å². The van der Waals surface area contributed by atoms with Crippen molar-refractivity contribution in [3.05, 3.63) is 76.1 Å². The Morgan fingerprint density at radius 1 is 0.679 bits per heavy atom. The lowest BCUT2D eigenvalue weighted by atomic mass is 9.84. The molecule has 0 radical (unpaired) electrons. The molecule has 0 atom stereocenters. The molecule has 0 amide bonds. The summed E-state index contributed by atoms with van der Waals surface area (Å²) >= 11 is 0. The van der Waals surface area contributed by atoms with E-state index in [2.05, 4.69) is 23.0 Å². The Balaban J connectivity index is 2.28. The first-order valence-corrected chi connectivity index (χ1v) is 8.95. The van der Waals surface area contributed by atoms with E-state index in [4.69, 9.17) is 6.57 Å². The van der Waals surface area contributed by atoms with Gasteiger partial charge in [-0.15, -0.1) is 0 Å². The first kappa shape index (κ1) is 16.1. The summed E-state index contributed by atoms with van der Waals surface area (Å²) < 4.78 is 0. The van der Waals surface area contributed by atoms with E-state index in [1.807, 2.05) is 50.2 Å². The molecule has 0 spiro atoms. The van der Waals surface area contributed by atoms with Crippen LogP contribution in [0.15, 0.2) is 42.5 Å². The van der Waals surface area contributed by atoms with Crippen LogP contribution in [0.3, 0.4) is 0 Å². The molecule has 0 aliphatic heterocycles. The minimum absolute atomic E-state index is 0.583. The highest BCUT2D eigenvalue weighted by molar-refractivity contribution is 6.36. The number of fused-ring (bicyclic) bond motifs is 2. The van der Waals surface area contributed by atoms with Crippen LogP contribution in [0.2, 0.25) is 0 Å². The maximum absolute atomic E-state index is 9.67. The van der Waals surface area contributed by atoms with E-state index in [1.165, 1.54) is 0 Å². The fourth-order valence-corrected chi connectivity index (χ4v) is 4.62. The zero-order valence-electron chi connectivity index (χ0n) is 15.4. The number of nitriles is 2. The smallest absolute Gasteiger partial charge is 0.195 e. The molecule has 0 bridgehead atoms.